The third kappa shape index (κ3) is 2.37. The van der Waals surface area contributed by atoms with Crippen molar-refractivity contribution in [2.75, 3.05) is 24.5 Å². The van der Waals surface area contributed by atoms with Crippen LogP contribution in [0.5, 0.6) is 0 Å². The number of anilines is 1. The molecule has 5 nitrogen and oxygen atoms in total. The van der Waals surface area contributed by atoms with Crippen molar-refractivity contribution < 1.29 is 14.7 Å². The minimum absolute atomic E-state index is 0.00755. The summed E-state index contributed by atoms with van der Waals surface area (Å²) in [5, 5.41) is 12.6. The van der Waals surface area contributed by atoms with E-state index in [9.17, 15) is 14.7 Å². The van der Waals surface area contributed by atoms with Crippen molar-refractivity contribution in [1.82, 2.24) is 5.32 Å². The minimum Gasteiger partial charge on any atom is -0.481 e. The Morgan fingerprint density at radius 1 is 1.24 bits per heavy atom. The summed E-state index contributed by atoms with van der Waals surface area (Å²) < 4.78 is 0. The van der Waals surface area contributed by atoms with Gasteiger partial charge < -0.3 is 15.3 Å². The molecule has 2 aliphatic rings. The third-order valence-corrected chi connectivity index (χ3v) is 4.67. The molecule has 1 amide bonds. The molecule has 0 radical (unpaired) electrons. The Hall–Kier alpha value is -2.04. The number of carbonyl (C=O) groups is 2. The number of hydrogen-bond acceptors (Lipinski definition) is 3. The summed E-state index contributed by atoms with van der Waals surface area (Å²) in [4.78, 5) is 25.5. The maximum Gasteiger partial charge on any atom is 0.314 e. The van der Waals surface area contributed by atoms with Crippen LogP contribution in [0.15, 0.2) is 24.3 Å². The van der Waals surface area contributed by atoms with E-state index in [1.165, 1.54) is 0 Å². The van der Waals surface area contributed by atoms with Gasteiger partial charge in [-0.25, -0.2) is 0 Å². The molecule has 5 heteroatoms. The molecule has 0 atom stereocenters. The largest absolute Gasteiger partial charge is 0.481 e. The maximum atomic E-state index is 11.9. The number of hydrogen-bond donors (Lipinski definition) is 2. The highest BCUT2D eigenvalue weighted by molar-refractivity contribution is 5.87. The first-order chi connectivity index (χ1) is 10.1. The van der Waals surface area contributed by atoms with Crippen LogP contribution in [0.4, 0.5) is 5.69 Å². The molecule has 2 N–H and O–H groups in total. The molecule has 0 spiro atoms. The van der Waals surface area contributed by atoms with E-state index in [-0.39, 0.29) is 5.91 Å². The molecule has 0 unspecified atom stereocenters. The average Bonchev–Trinajstić information content (AvgIpc) is 2.98. The molecule has 3 rings (SSSR count). The van der Waals surface area contributed by atoms with Gasteiger partial charge in [-0.3, -0.25) is 9.59 Å². The first kappa shape index (κ1) is 13.9. The first-order valence-electron chi connectivity index (χ1n) is 7.48. The van der Waals surface area contributed by atoms with E-state index in [1.807, 2.05) is 29.2 Å². The minimum atomic E-state index is -0.787. The number of para-hydroxylation sites is 1. The van der Waals surface area contributed by atoms with Gasteiger partial charge in [-0.05, 0) is 24.5 Å². The first-order valence-corrected chi connectivity index (χ1v) is 7.48. The monoisotopic (exact) mass is 288 g/mol. The molecular weight excluding hydrogens is 268 g/mol. The summed E-state index contributed by atoms with van der Waals surface area (Å²) in [7, 11) is 0. The second-order valence-corrected chi connectivity index (χ2v) is 5.88. The van der Waals surface area contributed by atoms with Gasteiger partial charge in [0.25, 0.3) is 0 Å². The van der Waals surface area contributed by atoms with E-state index in [2.05, 4.69) is 5.32 Å². The predicted molar refractivity (Wildman–Crippen MR) is 79.4 cm³/mol. The SMILES string of the molecule is O=C1CN(c2ccccc2C2(C(=O)O)CCCC2)CCN1. The van der Waals surface area contributed by atoms with Gasteiger partial charge in [-0.1, -0.05) is 31.0 Å². The van der Waals surface area contributed by atoms with Gasteiger partial charge in [0.15, 0.2) is 0 Å². The fraction of sp³-hybridized carbons (Fsp3) is 0.500. The standard InChI is InChI=1S/C16H20N2O3/c19-14-11-18(10-9-17-14)13-6-2-1-5-12(13)16(15(20)21)7-3-4-8-16/h1-2,5-6H,3-4,7-11H2,(H,17,19)(H,20,21). The number of nitrogens with zero attached hydrogens (tertiary/aromatic N) is 1. The van der Waals surface area contributed by atoms with Gasteiger partial charge in [0.05, 0.1) is 12.0 Å². The Labute approximate surface area is 123 Å². The van der Waals surface area contributed by atoms with E-state index >= 15 is 0 Å². The number of carbonyl (C=O) groups excluding carboxylic acids is 1. The number of nitrogens with one attached hydrogen (secondary N) is 1. The molecule has 112 valence electrons. The van der Waals surface area contributed by atoms with Crippen LogP contribution in [0, 0.1) is 0 Å². The van der Waals surface area contributed by atoms with Crippen LogP contribution in [0.25, 0.3) is 0 Å². The molecule has 1 heterocycles. The zero-order valence-electron chi connectivity index (χ0n) is 12.0. The lowest BCUT2D eigenvalue weighted by Crippen LogP contribution is -2.48. The lowest BCUT2D eigenvalue weighted by molar-refractivity contribution is -0.143. The fourth-order valence-corrected chi connectivity index (χ4v) is 3.58. The van der Waals surface area contributed by atoms with Gasteiger partial charge in [0, 0.05) is 18.8 Å². The molecule has 1 saturated carbocycles. The number of amides is 1. The van der Waals surface area contributed by atoms with E-state index in [4.69, 9.17) is 0 Å². The van der Waals surface area contributed by atoms with Crippen LogP contribution in [0.1, 0.15) is 31.2 Å². The van der Waals surface area contributed by atoms with Gasteiger partial charge >= 0.3 is 5.97 Å². The Morgan fingerprint density at radius 2 is 1.95 bits per heavy atom. The molecule has 1 aromatic rings. The molecule has 1 saturated heterocycles. The number of benzene rings is 1. The molecule has 2 fully saturated rings. The van der Waals surface area contributed by atoms with E-state index in [0.717, 1.165) is 30.6 Å². The van der Waals surface area contributed by atoms with Crippen molar-refractivity contribution >= 4 is 17.6 Å². The molecule has 0 bridgehead atoms. The highest BCUT2D eigenvalue weighted by Crippen LogP contribution is 2.45. The van der Waals surface area contributed by atoms with Gasteiger partial charge in [-0.2, -0.15) is 0 Å². The lowest BCUT2D eigenvalue weighted by Gasteiger charge is -2.34. The fourth-order valence-electron chi connectivity index (χ4n) is 3.58. The Morgan fingerprint density at radius 3 is 2.62 bits per heavy atom. The second-order valence-electron chi connectivity index (χ2n) is 5.88. The highest BCUT2D eigenvalue weighted by Gasteiger charge is 2.44. The van der Waals surface area contributed by atoms with Crippen molar-refractivity contribution in [3.8, 4) is 0 Å². The predicted octanol–water partition coefficient (Wildman–Crippen LogP) is 1.52. The Kier molecular flexibility index (Phi) is 3.57. The summed E-state index contributed by atoms with van der Waals surface area (Å²) in [5.41, 5.74) is 0.978. The van der Waals surface area contributed by atoms with Crippen LogP contribution in [0.3, 0.4) is 0 Å². The van der Waals surface area contributed by atoms with E-state index < -0.39 is 11.4 Å². The number of aliphatic carboxylic acids is 1. The normalized spacial score (nSPS) is 21.1. The van der Waals surface area contributed by atoms with E-state index in [0.29, 0.717) is 25.9 Å². The molecule has 21 heavy (non-hydrogen) atoms. The summed E-state index contributed by atoms with van der Waals surface area (Å²) >= 11 is 0. The smallest absolute Gasteiger partial charge is 0.314 e. The van der Waals surface area contributed by atoms with Gasteiger partial charge in [0.1, 0.15) is 0 Å². The van der Waals surface area contributed by atoms with Crippen LogP contribution >= 0.6 is 0 Å². The number of rotatable bonds is 3. The van der Waals surface area contributed by atoms with Gasteiger partial charge in [0.2, 0.25) is 5.91 Å². The van der Waals surface area contributed by atoms with Crippen molar-refractivity contribution in [1.29, 1.82) is 0 Å². The molecular formula is C16H20N2O3. The quantitative estimate of drug-likeness (QED) is 0.885. The zero-order valence-corrected chi connectivity index (χ0v) is 12.0. The summed E-state index contributed by atoms with van der Waals surface area (Å²) in [6.07, 6.45) is 3.25. The molecule has 1 aromatic carbocycles. The summed E-state index contributed by atoms with van der Waals surface area (Å²) in [6, 6.07) is 7.67. The average molecular weight is 288 g/mol. The Bertz CT molecular complexity index is 564. The van der Waals surface area contributed by atoms with Crippen LogP contribution in [0.2, 0.25) is 0 Å². The van der Waals surface area contributed by atoms with Crippen molar-refractivity contribution in [3.63, 3.8) is 0 Å². The van der Waals surface area contributed by atoms with Gasteiger partial charge in [-0.15, -0.1) is 0 Å². The Balaban J connectivity index is 2.03. The molecule has 1 aliphatic heterocycles. The van der Waals surface area contributed by atoms with Crippen LogP contribution in [-0.2, 0) is 15.0 Å². The number of piperazine rings is 1. The third-order valence-electron chi connectivity index (χ3n) is 4.67. The lowest BCUT2D eigenvalue weighted by atomic mass is 9.77. The van der Waals surface area contributed by atoms with Crippen molar-refractivity contribution in [2.45, 2.75) is 31.1 Å². The van der Waals surface area contributed by atoms with Crippen LogP contribution < -0.4 is 10.2 Å². The maximum absolute atomic E-state index is 11.9. The van der Waals surface area contributed by atoms with Crippen molar-refractivity contribution in [3.05, 3.63) is 29.8 Å². The molecule has 1 aliphatic carbocycles. The zero-order chi connectivity index (χ0) is 14.9. The van der Waals surface area contributed by atoms with E-state index in [1.54, 1.807) is 0 Å². The number of carboxylic acid groups (broad SMARTS) is 1. The van der Waals surface area contributed by atoms with Crippen molar-refractivity contribution in [2.24, 2.45) is 0 Å². The second kappa shape index (κ2) is 5.39. The summed E-state index contributed by atoms with van der Waals surface area (Å²) in [5.74, 6) is -0.749. The number of carboxylic acids is 1. The highest BCUT2D eigenvalue weighted by atomic mass is 16.4. The molecule has 0 aromatic heterocycles. The van der Waals surface area contributed by atoms with Crippen LogP contribution in [-0.4, -0.2) is 36.6 Å². The topological polar surface area (TPSA) is 69.6 Å². The summed E-state index contributed by atoms with van der Waals surface area (Å²) in [6.45, 7) is 1.62.